The van der Waals surface area contributed by atoms with E-state index in [2.05, 4.69) is 0 Å². The Morgan fingerprint density at radius 2 is 0.625 bits per heavy atom. The summed E-state index contributed by atoms with van der Waals surface area (Å²) in [5.41, 5.74) is -28.5. The summed E-state index contributed by atoms with van der Waals surface area (Å²) in [6.07, 6.45) is -54.8. The predicted octanol–water partition coefficient (Wildman–Crippen LogP) is 13.4. The number of pyridine rings is 1. The van der Waals surface area contributed by atoms with Crippen molar-refractivity contribution in [2.45, 2.75) is 56.0 Å². The highest BCUT2D eigenvalue weighted by molar-refractivity contribution is 7.20. The number of halogens is 24. The largest absolute Gasteiger partial charge is 0.416 e. The number of benzene rings is 6. The molecule has 0 radical (unpaired) electrons. The van der Waals surface area contributed by atoms with E-state index in [4.69, 9.17) is 0 Å². The van der Waals surface area contributed by atoms with Crippen LogP contribution in [0.2, 0.25) is 0 Å². The first-order valence-electron chi connectivity index (χ1n) is 22.0. The minimum Gasteiger partial charge on any atom is -0.388 e. The van der Waals surface area contributed by atoms with Crippen molar-refractivity contribution in [3.63, 3.8) is 0 Å². The predicted molar refractivity (Wildman–Crippen MR) is 236 cm³/mol. The number of hydrogen-bond acceptors (Lipinski definition) is 3. The Bertz CT molecular complexity index is 3000. The molecule has 0 unspecified atom stereocenters. The van der Waals surface area contributed by atoms with Crippen LogP contribution in [-0.4, -0.2) is 29.4 Å². The van der Waals surface area contributed by atoms with Crippen molar-refractivity contribution in [1.29, 1.82) is 0 Å². The van der Waals surface area contributed by atoms with Gasteiger partial charge in [0.1, 0.15) is 12.8 Å². The Labute approximate surface area is 432 Å². The van der Waals surface area contributed by atoms with Crippen molar-refractivity contribution < 1.29 is 125 Å². The first kappa shape index (κ1) is 61.6. The van der Waals surface area contributed by atoms with Gasteiger partial charge in [0.25, 0.3) is 11.5 Å². The zero-order chi connectivity index (χ0) is 60.1. The Morgan fingerprint density at radius 3 is 0.900 bits per heavy atom. The number of carbonyl (C=O) groups is 2. The molecule has 0 aliphatic carbocycles. The summed E-state index contributed by atoms with van der Waals surface area (Å²) >= 11 is 0. The first-order chi connectivity index (χ1) is 36.5. The monoisotopic (exact) mass is 1170 g/mol. The maximum atomic E-state index is 14.2. The van der Waals surface area contributed by atoms with Gasteiger partial charge in [-0.3, -0.25) is 9.59 Å². The second-order valence-corrected chi connectivity index (χ2v) is 17.5. The fraction of sp³-hybridized carbons (Fsp3) is 0.196. The van der Waals surface area contributed by atoms with Crippen molar-refractivity contribution in [2.24, 2.45) is 0 Å². The minimum absolute atomic E-state index is 0.0481. The number of aliphatic hydroxyl groups is 1. The Balaban J connectivity index is 0.000000370. The van der Waals surface area contributed by atoms with Gasteiger partial charge in [-0.15, -0.1) is 0 Å². The molecule has 1 heterocycles. The number of aliphatic hydroxyl groups excluding tert-OH is 1. The van der Waals surface area contributed by atoms with Crippen molar-refractivity contribution >= 4 is 50.5 Å². The van der Waals surface area contributed by atoms with Gasteiger partial charge in [-0.05, 0) is 36.4 Å². The second kappa shape index (κ2) is 21.5. The van der Waals surface area contributed by atoms with Crippen LogP contribution in [0.1, 0.15) is 65.4 Å². The molecule has 1 N–H and O–H groups in total. The smallest absolute Gasteiger partial charge is 0.388 e. The van der Waals surface area contributed by atoms with Gasteiger partial charge in [-0.1, -0.05) is 91.0 Å². The lowest BCUT2D eigenvalue weighted by Crippen LogP contribution is -2.75. The summed E-state index contributed by atoms with van der Waals surface area (Å²) in [6.45, 7) is -0.537. The molecule has 29 heteroatoms. The molecule has 0 aliphatic rings. The van der Waals surface area contributed by atoms with Crippen molar-refractivity contribution in [3.8, 4) is 0 Å². The number of carbonyl (C=O) groups excluding carboxylic acids is 2. The highest BCUT2D eigenvalue weighted by Gasteiger charge is 2.47. The van der Waals surface area contributed by atoms with Crippen LogP contribution in [0, 0.1) is 0 Å². The standard InChI is InChI=1S/C32H12BF24.C19H16NO3/c34-25(35,36)13-1-14(26(37,38)39)6-21(5-13)33(22-7-15(27(40,41)42)2-16(8-22)28(43,44)45,23-9-17(29(46,47)48)3-18(10-23)30(49,50)51)24-11-19(31(52,53)54)4-20(12-24)32(55,56)57;21-13-19(23)17-11-10-14-6-4-5-9-16(14)20(17)12-18(22)15-7-2-1-3-8-15/h1-12H;1-11,21H,12-13H2/q-1;+1. The molecular weight excluding hydrogens is 1140 g/mol. The molecule has 80 heavy (non-hydrogen) atoms. The molecule has 426 valence electrons. The number of alkyl halides is 24. The topological polar surface area (TPSA) is 58.2 Å². The van der Waals surface area contributed by atoms with Gasteiger partial charge >= 0.3 is 49.4 Å². The molecule has 0 atom stereocenters. The number of rotatable bonds is 9. The van der Waals surface area contributed by atoms with Crippen LogP contribution in [-0.2, 0) is 56.0 Å². The van der Waals surface area contributed by atoms with E-state index in [9.17, 15) is 120 Å². The van der Waals surface area contributed by atoms with Gasteiger partial charge < -0.3 is 5.11 Å². The maximum Gasteiger partial charge on any atom is 0.416 e. The molecule has 6 aromatic carbocycles. The number of aromatic nitrogens is 1. The van der Waals surface area contributed by atoms with Crippen LogP contribution in [0.4, 0.5) is 105 Å². The Morgan fingerprint density at radius 1 is 0.350 bits per heavy atom. The Kier molecular flexibility index (Phi) is 16.5. The molecule has 1 aromatic heterocycles. The normalized spacial score (nSPS) is 13.3. The summed E-state index contributed by atoms with van der Waals surface area (Å²) in [6, 6.07) is 11.2. The van der Waals surface area contributed by atoms with Gasteiger partial charge in [0.15, 0.2) is 0 Å². The van der Waals surface area contributed by atoms with Crippen LogP contribution < -0.4 is 26.4 Å². The van der Waals surface area contributed by atoms with Gasteiger partial charge in [-0.2, -0.15) is 132 Å². The SMILES string of the molecule is FC(F)(F)c1cc([B-](c2cc(C(F)(F)F)cc(C(F)(F)F)c2)(c2cc(C(F)(F)F)cc(C(F)(F)F)c2)c2cc(C(F)(F)F)cc(C(F)(F)F)c2)cc(C(F)(F)F)c1.O=C(C[n+]1c(C(=O)CO)ccc2ccccc21)c1ccccc1. The lowest BCUT2D eigenvalue weighted by molar-refractivity contribution is -0.659. The van der Waals surface area contributed by atoms with E-state index in [-0.39, 0.29) is 12.3 Å². The van der Waals surface area contributed by atoms with E-state index in [0.717, 1.165) is 10.9 Å². The van der Waals surface area contributed by atoms with E-state index >= 15 is 0 Å². The summed E-state index contributed by atoms with van der Waals surface area (Å²) < 4.78 is 342. The van der Waals surface area contributed by atoms with Gasteiger partial charge in [0.2, 0.25) is 17.8 Å². The molecule has 7 aromatic rings. The number of nitrogens with zero attached hydrogens (tertiary/aromatic N) is 1. The third-order valence-corrected chi connectivity index (χ3v) is 12.2. The summed E-state index contributed by atoms with van der Waals surface area (Å²) in [5, 5.41) is 10.1. The first-order valence-corrected chi connectivity index (χ1v) is 22.0. The Hall–Kier alpha value is -7.59. The summed E-state index contributed by atoms with van der Waals surface area (Å²) in [4.78, 5) is 24.5. The number of para-hydroxylation sites is 1. The molecule has 0 amide bonds. The van der Waals surface area contributed by atoms with Gasteiger partial charge in [-0.25, -0.2) is 0 Å². The molecule has 0 bridgehead atoms. The molecule has 0 saturated carbocycles. The average molecular weight is 1170 g/mol. The number of Topliss-reactive ketones (excluding diaryl/α,β-unsaturated/α-hetero) is 2. The van der Waals surface area contributed by atoms with Crippen LogP contribution in [0.5, 0.6) is 0 Å². The molecule has 4 nitrogen and oxygen atoms in total. The summed E-state index contributed by atoms with van der Waals surface area (Å²) in [7, 11) is 0. The molecule has 0 saturated heterocycles. The van der Waals surface area contributed by atoms with Crippen molar-refractivity contribution in [2.75, 3.05) is 6.61 Å². The molecule has 0 fully saturated rings. The van der Waals surface area contributed by atoms with E-state index in [0.29, 0.717) is 11.3 Å². The third-order valence-electron chi connectivity index (χ3n) is 12.2. The molecular formula is C51H28BF24NO3. The van der Waals surface area contributed by atoms with Crippen LogP contribution in [0.25, 0.3) is 10.9 Å². The highest BCUT2D eigenvalue weighted by Crippen LogP contribution is 2.41. The number of ketones is 2. The minimum atomic E-state index is -6.13. The second-order valence-electron chi connectivity index (χ2n) is 17.5. The number of fused-ring (bicyclic) bond motifs is 1. The zero-order valence-corrected chi connectivity index (χ0v) is 39.1. The zero-order valence-electron chi connectivity index (χ0n) is 39.1. The maximum absolute atomic E-state index is 14.2. The quantitative estimate of drug-likeness (QED) is 0.0678. The van der Waals surface area contributed by atoms with Crippen LogP contribution in [0.3, 0.4) is 0 Å². The molecule has 7 rings (SSSR count). The molecule has 0 aliphatic heterocycles. The highest BCUT2D eigenvalue weighted by atomic mass is 19.4. The van der Waals surface area contributed by atoms with Crippen molar-refractivity contribution in [3.05, 3.63) is 195 Å². The van der Waals surface area contributed by atoms with Crippen LogP contribution in [0.15, 0.2) is 140 Å². The third kappa shape index (κ3) is 13.5. The number of hydrogen-bond donors (Lipinski definition) is 1. The van der Waals surface area contributed by atoms with E-state index in [1.807, 2.05) is 36.4 Å². The van der Waals surface area contributed by atoms with E-state index < -0.39 is 207 Å². The lowest BCUT2D eigenvalue weighted by atomic mass is 9.12. The van der Waals surface area contributed by atoms with E-state index in [1.165, 1.54) is 0 Å². The van der Waals surface area contributed by atoms with Crippen molar-refractivity contribution in [1.82, 2.24) is 0 Å². The van der Waals surface area contributed by atoms with E-state index in [1.54, 1.807) is 34.9 Å². The average Bonchev–Trinajstić information content (AvgIpc) is 3.35. The van der Waals surface area contributed by atoms with Gasteiger partial charge in [0.05, 0.1) is 44.5 Å². The van der Waals surface area contributed by atoms with Gasteiger partial charge in [0, 0.05) is 23.1 Å². The van der Waals surface area contributed by atoms with Crippen LogP contribution >= 0.6 is 0 Å². The fourth-order valence-electron chi connectivity index (χ4n) is 8.69. The lowest BCUT2D eigenvalue weighted by Gasteiger charge is -2.46. The summed E-state index contributed by atoms with van der Waals surface area (Å²) in [5.74, 6) is -0.490. The molecule has 0 spiro atoms. The fourth-order valence-corrected chi connectivity index (χ4v) is 8.69.